The zero-order valence-corrected chi connectivity index (χ0v) is 22.4. The molecule has 0 aromatic heterocycles. The minimum Gasteiger partial charge on any atom is -0.508 e. The van der Waals surface area contributed by atoms with Crippen LogP contribution in [0.3, 0.4) is 0 Å². The second-order valence-electron chi connectivity index (χ2n) is 11.2. The Hall–Kier alpha value is -1.27. The van der Waals surface area contributed by atoms with Crippen molar-refractivity contribution in [2.75, 3.05) is 0 Å². The average Bonchev–Trinajstić information content (AvgIpc) is 2.74. The number of hydrogen-bond donors (Lipinski definition) is 2. The molecule has 0 radical (unpaired) electrons. The summed E-state index contributed by atoms with van der Waals surface area (Å²) in [6, 6.07) is 1.22. The van der Waals surface area contributed by atoms with Crippen molar-refractivity contribution in [1.82, 2.24) is 0 Å². The van der Waals surface area contributed by atoms with Crippen molar-refractivity contribution in [3.63, 3.8) is 0 Å². The number of ether oxygens (including phenoxy) is 1. The first-order chi connectivity index (χ1) is 15.5. The van der Waals surface area contributed by atoms with Gasteiger partial charge in [-0.1, -0.05) is 26.0 Å². The highest BCUT2D eigenvalue weighted by atomic mass is 35.5. The van der Waals surface area contributed by atoms with Gasteiger partial charge in [0.1, 0.15) is 16.4 Å². The molecule has 4 rings (SSSR count). The van der Waals surface area contributed by atoms with E-state index in [4.69, 9.17) is 39.5 Å². The van der Waals surface area contributed by atoms with Crippen molar-refractivity contribution in [2.45, 2.75) is 87.1 Å². The van der Waals surface area contributed by atoms with E-state index in [0.717, 1.165) is 12.0 Å². The number of phenolic OH excluding ortho intramolecular Hbond substituents is 2. The van der Waals surface area contributed by atoms with E-state index in [-0.39, 0.29) is 46.6 Å². The van der Waals surface area contributed by atoms with E-state index in [1.165, 1.54) is 13.0 Å². The van der Waals surface area contributed by atoms with Crippen LogP contribution in [0.25, 0.3) is 0 Å². The summed E-state index contributed by atoms with van der Waals surface area (Å²) in [5, 5.41) is 20.3. The Balaban J connectivity index is 1.99. The molecule has 0 unspecified atom stereocenters. The smallest absolute Gasteiger partial charge is 0.198 e. The Morgan fingerprint density at radius 3 is 2.35 bits per heavy atom. The fourth-order valence-electron chi connectivity index (χ4n) is 5.93. The molecule has 1 aromatic rings. The van der Waals surface area contributed by atoms with Crippen molar-refractivity contribution in [3.05, 3.63) is 34.9 Å². The maximum Gasteiger partial charge on any atom is 0.198 e. The predicted molar refractivity (Wildman–Crippen MR) is 134 cm³/mol. The Kier molecular flexibility index (Phi) is 5.97. The van der Waals surface area contributed by atoms with Gasteiger partial charge in [-0.2, -0.15) is 0 Å². The number of Topliss-reactive ketones (excluding diaryl/α,β-unsaturated/α-hetero) is 2. The minimum absolute atomic E-state index is 0.0313. The number of phenols is 2. The topological polar surface area (TPSA) is 83.8 Å². The molecule has 0 spiro atoms. The molecule has 1 saturated heterocycles. The first kappa shape index (κ1) is 25.8. The number of fused-ring (bicyclic) bond motifs is 2. The number of alkyl halides is 3. The zero-order chi connectivity index (χ0) is 25.6. The van der Waals surface area contributed by atoms with Gasteiger partial charge in [-0.25, -0.2) is 0 Å². The van der Waals surface area contributed by atoms with E-state index < -0.39 is 44.2 Å². The monoisotopic (exact) mass is 528 g/mol. The summed E-state index contributed by atoms with van der Waals surface area (Å²) in [6.45, 7) is 13.3. The lowest BCUT2D eigenvalue weighted by Gasteiger charge is -2.59. The fourth-order valence-corrected chi connectivity index (χ4v) is 6.99. The first-order valence-corrected chi connectivity index (χ1v) is 12.8. The van der Waals surface area contributed by atoms with Crippen LogP contribution in [0.15, 0.2) is 18.2 Å². The summed E-state index contributed by atoms with van der Waals surface area (Å²) < 4.78 is 6.53. The van der Waals surface area contributed by atoms with Crippen LogP contribution in [-0.2, 0) is 4.74 Å². The lowest BCUT2D eigenvalue weighted by molar-refractivity contribution is -0.169. The van der Waals surface area contributed by atoms with E-state index in [2.05, 4.69) is 6.58 Å². The normalized spacial score (nSPS) is 36.7. The van der Waals surface area contributed by atoms with E-state index in [0.29, 0.717) is 6.42 Å². The summed E-state index contributed by atoms with van der Waals surface area (Å²) in [5.41, 5.74) is -2.51. The van der Waals surface area contributed by atoms with Gasteiger partial charge in [0.15, 0.2) is 17.2 Å². The van der Waals surface area contributed by atoms with Crippen molar-refractivity contribution in [2.24, 2.45) is 11.3 Å². The number of ketones is 2. The van der Waals surface area contributed by atoms with Gasteiger partial charge in [-0.3, -0.25) is 9.59 Å². The first-order valence-electron chi connectivity index (χ1n) is 11.5. The average molecular weight is 530 g/mol. The molecular formula is C26H31Cl3O5. The molecule has 8 heteroatoms. The molecule has 2 aliphatic carbocycles. The predicted octanol–water partition coefficient (Wildman–Crippen LogP) is 6.30. The quantitative estimate of drug-likeness (QED) is 0.347. The van der Waals surface area contributed by atoms with Crippen LogP contribution in [-0.4, -0.2) is 48.6 Å². The van der Waals surface area contributed by atoms with E-state index in [1.54, 1.807) is 13.8 Å². The summed E-state index contributed by atoms with van der Waals surface area (Å²) in [5.74, 6) is -2.20. The van der Waals surface area contributed by atoms with Gasteiger partial charge in [0, 0.05) is 16.5 Å². The molecule has 1 aromatic carbocycles. The van der Waals surface area contributed by atoms with E-state index >= 15 is 0 Å². The van der Waals surface area contributed by atoms with Crippen LogP contribution in [0.4, 0.5) is 0 Å². The molecule has 1 saturated carbocycles. The summed E-state index contributed by atoms with van der Waals surface area (Å²) in [4.78, 5) is 26.5. The van der Waals surface area contributed by atoms with E-state index in [9.17, 15) is 19.8 Å². The number of halogens is 3. The molecule has 0 bridgehead atoms. The summed E-state index contributed by atoms with van der Waals surface area (Å²) >= 11 is 20.5. The molecule has 34 heavy (non-hydrogen) atoms. The standard InChI is InChI=1S/C26H31Cl3O5/c1-12-7-8-17(27)23(3,4)15(12)10-26-21(32)14-9-16(30)13(2)20(31)19(14)22(33)25(26,29)11-18(28)24(5,6)34-26/h9,15,17-18,30-31H,1,7-8,10-11H2,2-6H3/t15-,17+,18+,25-,26-/m0/s1. The Labute approximate surface area is 215 Å². The minimum atomic E-state index is -1.85. The molecule has 5 nitrogen and oxygen atoms in total. The number of aromatic hydroxyl groups is 2. The van der Waals surface area contributed by atoms with Gasteiger partial charge in [0.25, 0.3) is 0 Å². The Morgan fingerprint density at radius 1 is 1.12 bits per heavy atom. The summed E-state index contributed by atoms with van der Waals surface area (Å²) in [6.07, 6.45) is 1.50. The molecule has 186 valence electrons. The van der Waals surface area contributed by atoms with Gasteiger partial charge < -0.3 is 14.9 Å². The molecule has 1 aliphatic heterocycles. The SMILES string of the molecule is C=C1CC[C@@H](Cl)C(C)(C)[C@H]1C[C@@]12OC(C)(C)[C@H](Cl)C[C@]1(Cl)C(=O)c1c(cc(O)c(C)c1O)C2=O. The third-order valence-electron chi connectivity index (χ3n) is 8.43. The fraction of sp³-hybridized carbons (Fsp3) is 0.615. The second kappa shape index (κ2) is 7.86. The van der Waals surface area contributed by atoms with Crippen LogP contribution in [0.5, 0.6) is 11.5 Å². The highest BCUT2D eigenvalue weighted by Gasteiger charge is 2.71. The largest absolute Gasteiger partial charge is 0.508 e. The Bertz CT molecular complexity index is 1110. The van der Waals surface area contributed by atoms with Gasteiger partial charge in [0.05, 0.1) is 16.5 Å². The molecule has 0 amide bonds. The number of allylic oxidation sites excluding steroid dienone is 1. The zero-order valence-electron chi connectivity index (χ0n) is 20.1. The van der Waals surface area contributed by atoms with Crippen molar-refractivity contribution >= 4 is 46.4 Å². The molecule has 2 N–H and O–H groups in total. The van der Waals surface area contributed by atoms with E-state index in [1.807, 2.05) is 13.8 Å². The van der Waals surface area contributed by atoms with Crippen molar-refractivity contribution < 1.29 is 24.5 Å². The highest BCUT2D eigenvalue weighted by Crippen LogP contribution is 2.60. The number of rotatable bonds is 2. The van der Waals surface area contributed by atoms with Crippen LogP contribution in [0.2, 0.25) is 0 Å². The van der Waals surface area contributed by atoms with Gasteiger partial charge in [-0.05, 0) is 63.9 Å². The second-order valence-corrected chi connectivity index (χ2v) is 12.9. The molecule has 3 aliphatic rings. The maximum absolute atomic E-state index is 14.3. The van der Waals surface area contributed by atoms with Gasteiger partial charge in [-0.15, -0.1) is 34.8 Å². The summed E-state index contributed by atoms with van der Waals surface area (Å²) in [7, 11) is 0. The van der Waals surface area contributed by atoms with Crippen LogP contribution in [0.1, 0.15) is 79.7 Å². The van der Waals surface area contributed by atoms with Gasteiger partial charge >= 0.3 is 0 Å². The lowest BCUT2D eigenvalue weighted by atomic mass is 9.56. The number of hydrogen-bond acceptors (Lipinski definition) is 5. The maximum atomic E-state index is 14.3. The molecule has 1 heterocycles. The van der Waals surface area contributed by atoms with Crippen LogP contribution >= 0.6 is 34.8 Å². The van der Waals surface area contributed by atoms with Crippen molar-refractivity contribution in [3.8, 4) is 11.5 Å². The van der Waals surface area contributed by atoms with Gasteiger partial charge in [0.2, 0.25) is 0 Å². The number of benzene rings is 1. The number of carbonyl (C=O) groups is 2. The van der Waals surface area contributed by atoms with Crippen molar-refractivity contribution in [1.29, 1.82) is 0 Å². The third-order valence-corrected chi connectivity index (χ3v) is 10.5. The number of carbonyl (C=O) groups excluding carboxylic acids is 2. The molecular weight excluding hydrogens is 499 g/mol. The molecule has 2 fully saturated rings. The van der Waals surface area contributed by atoms with Crippen LogP contribution < -0.4 is 0 Å². The van der Waals surface area contributed by atoms with Crippen LogP contribution in [0, 0.1) is 18.3 Å². The lowest BCUT2D eigenvalue weighted by Crippen LogP contribution is -2.73. The molecule has 5 atom stereocenters. The Morgan fingerprint density at radius 2 is 1.74 bits per heavy atom. The third kappa shape index (κ3) is 3.30. The highest BCUT2D eigenvalue weighted by molar-refractivity contribution is 6.45.